The molecule has 7 nitrogen and oxygen atoms in total. The van der Waals surface area contributed by atoms with Gasteiger partial charge in [0.25, 0.3) is 5.91 Å². The van der Waals surface area contributed by atoms with E-state index in [0.717, 1.165) is 0 Å². The molecule has 0 spiro atoms. The fourth-order valence-corrected chi connectivity index (χ4v) is 1.69. The van der Waals surface area contributed by atoms with E-state index in [0.29, 0.717) is 22.6 Å². The Morgan fingerprint density at radius 3 is 2.65 bits per heavy atom. The number of nitrogens with zero attached hydrogens (tertiary/aromatic N) is 1. The third-order valence-electron chi connectivity index (χ3n) is 2.80. The highest BCUT2D eigenvalue weighted by Crippen LogP contribution is 2.17. The van der Waals surface area contributed by atoms with Crippen molar-refractivity contribution in [3.05, 3.63) is 66.5 Å². The van der Waals surface area contributed by atoms with Crippen LogP contribution in [0.1, 0.15) is 15.9 Å². The molecule has 1 aromatic carbocycles. The molecule has 7 heteroatoms. The number of hydrazine groups is 1. The Hall–Kier alpha value is -3.35. The first-order chi connectivity index (χ1) is 11.1. The zero-order valence-electron chi connectivity index (χ0n) is 12.2. The molecule has 1 amide bonds. The molecule has 0 aliphatic carbocycles. The number of ether oxygens (including phenoxy) is 1. The molecule has 0 bridgehead atoms. The fraction of sp³-hybridized carbons (Fsp3) is 0.0625. The van der Waals surface area contributed by atoms with Crippen molar-refractivity contribution in [3.63, 3.8) is 0 Å². The molecule has 0 atom stereocenters. The summed E-state index contributed by atoms with van der Waals surface area (Å²) in [5.41, 5.74) is 6.69. The summed E-state index contributed by atoms with van der Waals surface area (Å²) in [5, 5.41) is 8.60. The molecule has 0 radical (unpaired) electrons. The number of aromatic nitrogens is 1. The van der Waals surface area contributed by atoms with Crippen molar-refractivity contribution >= 4 is 17.6 Å². The van der Waals surface area contributed by atoms with Crippen molar-refractivity contribution in [3.8, 4) is 5.75 Å². The van der Waals surface area contributed by atoms with Gasteiger partial charge in [-0.3, -0.25) is 20.6 Å². The molecular weight excluding hydrogens is 298 g/mol. The summed E-state index contributed by atoms with van der Waals surface area (Å²) in [6.07, 6.45) is 3.02. The highest BCUT2D eigenvalue weighted by molar-refractivity contribution is 5.94. The zero-order chi connectivity index (χ0) is 16.7. The average Bonchev–Trinajstić information content (AvgIpc) is 2.58. The number of pyridine rings is 1. The summed E-state index contributed by atoms with van der Waals surface area (Å²) >= 11 is 0. The number of hydrogen-bond acceptors (Lipinski definition) is 5. The average molecular weight is 313 g/mol. The van der Waals surface area contributed by atoms with Crippen LogP contribution in [0.25, 0.3) is 5.70 Å². The molecule has 3 N–H and O–H groups in total. The van der Waals surface area contributed by atoms with Gasteiger partial charge >= 0.3 is 5.97 Å². The molecule has 1 aromatic heterocycles. The number of hydrogen-bond donors (Lipinski definition) is 3. The monoisotopic (exact) mass is 313 g/mol. The number of carbonyl (C=O) groups excluding carboxylic acids is 1. The van der Waals surface area contributed by atoms with Crippen molar-refractivity contribution < 1.29 is 19.4 Å². The van der Waals surface area contributed by atoms with Gasteiger partial charge in [0.05, 0.1) is 11.3 Å². The molecule has 0 unspecified atom stereocenters. The maximum atomic E-state index is 11.9. The van der Waals surface area contributed by atoms with E-state index in [1.165, 1.54) is 6.20 Å². The van der Waals surface area contributed by atoms with Gasteiger partial charge < -0.3 is 9.84 Å². The number of carboxylic acids is 1. The van der Waals surface area contributed by atoms with Gasteiger partial charge in [-0.2, -0.15) is 0 Å². The highest BCUT2D eigenvalue weighted by atomic mass is 16.5. The lowest BCUT2D eigenvalue weighted by Gasteiger charge is -2.12. The van der Waals surface area contributed by atoms with Crippen LogP contribution < -0.4 is 15.6 Å². The lowest BCUT2D eigenvalue weighted by atomic mass is 10.2. The molecule has 0 fully saturated rings. The summed E-state index contributed by atoms with van der Waals surface area (Å²) in [6, 6.07) is 9.99. The summed E-state index contributed by atoms with van der Waals surface area (Å²) in [7, 11) is 0. The van der Waals surface area contributed by atoms with Crippen molar-refractivity contribution in [1.82, 2.24) is 15.8 Å². The standard InChI is InChI=1S/C16H15N3O4/c1-11(18-19-16(22)13-5-3-7-17-9-13)12-4-2-6-14(8-12)23-10-15(20)21/h2-9,18H,1,10H2,(H,19,22)(H,20,21). The smallest absolute Gasteiger partial charge is 0.341 e. The van der Waals surface area contributed by atoms with Gasteiger partial charge in [-0.25, -0.2) is 4.79 Å². The summed E-state index contributed by atoms with van der Waals surface area (Å²) < 4.78 is 5.09. The Morgan fingerprint density at radius 2 is 1.96 bits per heavy atom. The lowest BCUT2D eigenvalue weighted by Crippen LogP contribution is -2.35. The SMILES string of the molecule is C=C(NNC(=O)c1cccnc1)c1cccc(OCC(=O)O)c1. The Balaban J connectivity index is 1.94. The second-order valence-electron chi connectivity index (χ2n) is 4.51. The molecule has 2 aromatic rings. The first kappa shape index (κ1) is 16.0. The van der Waals surface area contributed by atoms with E-state index in [1.807, 2.05) is 0 Å². The van der Waals surface area contributed by atoms with Gasteiger partial charge in [0.2, 0.25) is 0 Å². The van der Waals surface area contributed by atoms with Gasteiger partial charge in [0.1, 0.15) is 5.75 Å². The fourth-order valence-electron chi connectivity index (χ4n) is 1.69. The summed E-state index contributed by atoms with van der Waals surface area (Å²) in [6.45, 7) is 3.38. The van der Waals surface area contributed by atoms with E-state index < -0.39 is 12.6 Å². The topological polar surface area (TPSA) is 101 Å². The highest BCUT2D eigenvalue weighted by Gasteiger charge is 2.06. The second kappa shape index (κ2) is 7.60. The van der Waals surface area contributed by atoms with Gasteiger partial charge in [0, 0.05) is 18.0 Å². The van der Waals surface area contributed by atoms with Gasteiger partial charge in [0.15, 0.2) is 6.61 Å². The molecule has 0 saturated carbocycles. The van der Waals surface area contributed by atoms with Crippen molar-refractivity contribution in [2.24, 2.45) is 0 Å². The molecule has 118 valence electrons. The lowest BCUT2D eigenvalue weighted by molar-refractivity contribution is -0.139. The number of aliphatic carboxylic acids is 1. The van der Waals surface area contributed by atoms with Gasteiger partial charge in [-0.1, -0.05) is 18.7 Å². The molecule has 2 rings (SSSR count). The number of carboxylic acid groups (broad SMARTS) is 1. The summed E-state index contributed by atoms with van der Waals surface area (Å²) in [5.74, 6) is -1.01. The molecule has 0 aliphatic heterocycles. The predicted octanol–water partition coefficient (Wildman–Crippen LogP) is 1.45. The zero-order valence-corrected chi connectivity index (χ0v) is 12.2. The van der Waals surface area contributed by atoms with E-state index in [-0.39, 0.29) is 5.91 Å². The van der Waals surface area contributed by atoms with Crippen molar-refractivity contribution in [2.75, 3.05) is 6.61 Å². The Bertz CT molecular complexity index is 716. The number of benzene rings is 1. The minimum Gasteiger partial charge on any atom is -0.482 e. The Kier molecular flexibility index (Phi) is 5.30. The number of carbonyl (C=O) groups is 2. The quantitative estimate of drug-likeness (QED) is 0.669. The molecule has 0 aliphatic rings. The van der Waals surface area contributed by atoms with E-state index in [4.69, 9.17) is 9.84 Å². The van der Waals surface area contributed by atoms with Crippen LogP contribution in [-0.2, 0) is 4.79 Å². The number of rotatable bonds is 7. The van der Waals surface area contributed by atoms with Crippen LogP contribution in [-0.4, -0.2) is 28.6 Å². The van der Waals surface area contributed by atoms with Gasteiger partial charge in [-0.15, -0.1) is 0 Å². The molecule has 0 saturated heterocycles. The third-order valence-corrected chi connectivity index (χ3v) is 2.80. The van der Waals surface area contributed by atoms with Gasteiger partial charge in [-0.05, 0) is 24.3 Å². The predicted molar refractivity (Wildman–Crippen MR) is 83.4 cm³/mol. The maximum Gasteiger partial charge on any atom is 0.341 e. The van der Waals surface area contributed by atoms with Crippen LogP contribution in [0.2, 0.25) is 0 Å². The van der Waals surface area contributed by atoms with E-state index in [2.05, 4.69) is 22.4 Å². The van der Waals surface area contributed by atoms with Crippen LogP contribution in [0.15, 0.2) is 55.4 Å². The van der Waals surface area contributed by atoms with E-state index >= 15 is 0 Å². The Morgan fingerprint density at radius 1 is 1.17 bits per heavy atom. The van der Waals surface area contributed by atoms with E-state index in [9.17, 15) is 9.59 Å². The molecular formula is C16H15N3O4. The minimum absolute atomic E-state index is 0.350. The second-order valence-corrected chi connectivity index (χ2v) is 4.51. The number of nitrogens with one attached hydrogen (secondary N) is 2. The first-order valence-corrected chi connectivity index (χ1v) is 6.66. The van der Waals surface area contributed by atoms with Crippen LogP contribution in [0, 0.1) is 0 Å². The Labute approximate surface area is 132 Å². The molecule has 1 heterocycles. The van der Waals surface area contributed by atoms with Crippen LogP contribution >= 0.6 is 0 Å². The first-order valence-electron chi connectivity index (χ1n) is 6.66. The van der Waals surface area contributed by atoms with E-state index in [1.54, 1.807) is 42.6 Å². The summed E-state index contributed by atoms with van der Waals surface area (Å²) in [4.78, 5) is 26.2. The van der Waals surface area contributed by atoms with Crippen LogP contribution in [0.4, 0.5) is 0 Å². The minimum atomic E-state index is -1.06. The van der Waals surface area contributed by atoms with Crippen LogP contribution in [0.3, 0.4) is 0 Å². The maximum absolute atomic E-state index is 11.9. The third kappa shape index (κ3) is 4.85. The van der Waals surface area contributed by atoms with Crippen LogP contribution in [0.5, 0.6) is 5.75 Å². The van der Waals surface area contributed by atoms with Crippen molar-refractivity contribution in [1.29, 1.82) is 0 Å². The number of amides is 1. The van der Waals surface area contributed by atoms with Crippen molar-refractivity contribution in [2.45, 2.75) is 0 Å². The molecule has 23 heavy (non-hydrogen) atoms. The normalized spacial score (nSPS) is 9.74. The largest absolute Gasteiger partial charge is 0.482 e.